The summed E-state index contributed by atoms with van der Waals surface area (Å²) >= 11 is 0. The van der Waals surface area contributed by atoms with Gasteiger partial charge in [-0.2, -0.15) is 0 Å². The maximum absolute atomic E-state index is 4.03. The number of rotatable bonds is 4. The Morgan fingerprint density at radius 1 is 1.06 bits per heavy atom. The summed E-state index contributed by atoms with van der Waals surface area (Å²) in [6, 6.07) is 6.18. The first-order valence-electron chi connectivity index (χ1n) is 5.89. The van der Waals surface area contributed by atoms with Gasteiger partial charge in [0.2, 0.25) is 0 Å². The van der Waals surface area contributed by atoms with E-state index in [9.17, 15) is 0 Å². The lowest BCUT2D eigenvalue weighted by Gasteiger charge is -2.00. The van der Waals surface area contributed by atoms with Crippen LogP contribution in [0.25, 0.3) is 12.7 Å². The van der Waals surface area contributed by atoms with Gasteiger partial charge in [0.05, 0.1) is 0 Å². The van der Waals surface area contributed by atoms with Gasteiger partial charge in [-0.15, -0.1) is 0 Å². The molecule has 0 nitrogen and oxygen atoms in total. The van der Waals surface area contributed by atoms with Crippen LogP contribution in [0.15, 0.2) is 66.8 Å². The van der Waals surface area contributed by atoms with E-state index in [1.165, 1.54) is 5.56 Å². The second-order valence-electron chi connectivity index (χ2n) is 4.58. The molecule has 0 bridgehead atoms. The Kier molecular flexibility index (Phi) is 4.67. The number of aryl methyl sites for hydroxylation is 1. The van der Waals surface area contributed by atoms with Crippen molar-refractivity contribution in [3.63, 3.8) is 0 Å². The van der Waals surface area contributed by atoms with Crippen LogP contribution in [0.5, 0.6) is 0 Å². The van der Waals surface area contributed by atoms with Crippen LogP contribution in [0.4, 0.5) is 0 Å². The molecule has 0 fully saturated rings. The highest BCUT2D eigenvalue weighted by atomic mass is 14.0. The van der Waals surface area contributed by atoms with E-state index in [1.54, 1.807) is 0 Å². The van der Waals surface area contributed by atoms with Gasteiger partial charge in [0.1, 0.15) is 0 Å². The van der Waals surface area contributed by atoms with Crippen molar-refractivity contribution in [3.05, 3.63) is 82.8 Å². The van der Waals surface area contributed by atoms with Gasteiger partial charge in [-0.1, -0.05) is 67.8 Å². The molecule has 1 aromatic carbocycles. The Morgan fingerprint density at radius 3 is 2.28 bits per heavy atom. The van der Waals surface area contributed by atoms with E-state index in [2.05, 4.69) is 51.4 Å². The van der Waals surface area contributed by atoms with Crippen molar-refractivity contribution in [2.75, 3.05) is 0 Å². The lowest BCUT2D eigenvalue weighted by atomic mass is 10.1. The first-order chi connectivity index (χ1) is 8.40. The van der Waals surface area contributed by atoms with E-state index in [-0.39, 0.29) is 0 Å². The highest BCUT2D eigenvalue weighted by Gasteiger charge is 1.93. The van der Waals surface area contributed by atoms with Gasteiger partial charge in [0.25, 0.3) is 0 Å². The van der Waals surface area contributed by atoms with E-state index < -0.39 is 0 Å². The van der Waals surface area contributed by atoms with E-state index in [4.69, 9.17) is 0 Å². The third-order valence-electron chi connectivity index (χ3n) is 2.61. The molecule has 0 spiro atoms. The average Bonchev–Trinajstić information content (AvgIpc) is 2.29. The maximum Gasteiger partial charge on any atom is -0.0184 e. The molecule has 0 aliphatic carbocycles. The molecule has 0 saturated carbocycles. The smallest absolute Gasteiger partial charge is 0.0184 e. The first kappa shape index (κ1) is 14.0. The van der Waals surface area contributed by atoms with Crippen LogP contribution in [0.2, 0.25) is 0 Å². The summed E-state index contributed by atoms with van der Waals surface area (Å²) in [5.41, 5.74) is 3.99. The molecule has 0 unspecified atom stereocenters. The minimum absolute atomic E-state index is 0.887. The molecule has 0 heteroatoms. The summed E-state index contributed by atoms with van der Waals surface area (Å²) in [7, 11) is 0. The molecule has 0 aromatic heterocycles. The lowest BCUT2D eigenvalue weighted by Crippen LogP contribution is -2.22. The van der Waals surface area contributed by atoms with Crippen LogP contribution in [0.1, 0.15) is 12.5 Å². The molecule has 18 heavy (non-hydrogen) atoms. The largest absolute Gasteiger partial charge is 0.0961 e. The van der Waals surface area contributed by atoms with Crippen molar-refractivity contribution in [2.45, 2.75) is 13.8 Å². The highest BCUT2D eigenvalue weighted by Crippen LogP contribution is 2.09. The molecule has 0 heterocycles. The van der Waals surface area contributed by atoms with Gasteiger partial charge < -0.3 is 0 Å². The van der Waals surface area contributed by atoms with Crippen LogP contribution in [0.3, 0.4) is 0 Å². The van der Waals surface area contributed by atoms with Gasteiger partial charge in [-0.3, -0.25) is 0 Å². The number of benzene rings is 1. The fourth-order valence-corrected chi connectivity index (χ4v) is 1.51. The van der Waals surface area contributed by atoms with Crippen molar-refractivity contribution in [2.24, 2.45) is 0 Å². The zero-order valence-corrected chi connectivity index (χ0v) is 11.3. The van der Waals surface area contributed by atoms with Crippen LogP contribution >= 0.6 is 0 Å². The number of allylic oxidation sites excluding steroid dienone is 5. The van der Waals surface area contributed by atoms with Crippen molar-refractivity contribution in [1.82, 2.24) is 0 Å². The minimum Gasteiger partial charge on any atom is -0.0961 e. The zero-order valence-electron chi connectivity index (χ0n) is 11.3. The average molecular weight is 236 g/mol. The number of hydrogen-bond acceptors (Lipinski definition) is 0. The molecule has 0 N–H and O–H groups in total. The second-order valence-corrected chi connectivity index (χ2v) is 4.58. The van der Waals surface area contributed by atoms with E-state index >= 15 is 0 Å². The predicted molar refractivity (Wildman–Crippen MR) is 82.7 cm³/mol. The Labute approximate surface area is 110 Å². The van der Waals surface area contributed by atoms with Gasteiger partial charge in [-0.05, 0) is 41.5 Å². The third kappa shape index (κ3) is 4.06. The fraction of sp³-hybridized carbons (Fsp3) is 0.111. The summed E-state index contributed by atoms with van der Waals surface area (Å²) < 4.78 is 0. The van der Waals surface area contributed by atoms with Crippen molar-refractivity contribution < 1.29 is 0 Å². The molecular formula is C18H20. The Morgan fingerprint density at radius 2 is 1.72 bits per heavy atom. The normalized spacial score (nSPS) is 11.8. The van der Waals surface area contributed by atoms with E-state index in [0.29, 0.717) is 0 Å². The molecule has 92 valence electrons. The topological polar surface area (TPSA) is 0 Å². The van der Waals surface area contributed by atoms with Crippen molar-refractivity contribution in [1.29, 1.82) is 0 Å². The fourth-order valence-electron chi connectivity index (χ4n) is 1.51. The quantitative estimate of drug-likeness (QED) is 0.703. The Hall–Kier alpha value is -2.08. The summed E-state index contributed by atoms with van der Waals surface area (Å²) in [4.78, 5) is 0. The standard InChI is InChI=1S/C18H20/c1-13(2)7-9-15(4)16(5)12-18-10-8-14(3)11-17(18)6/h7-12H,1,4-6H2,2-3H3/b9-7-,18-12-. The van der Waals surface area contributed by atoms with Gasteiger partial charge in [0.15, 0.2) is 0 Å². The van der Waals surface area contributed by atoms with Gasteiger partial charge in [-0.25, -0.2) is 0 Å². The highest BCUT2D eigenvalue weighted by molar-refractivity contribution is 5.59. The molecule has 0 amide bonds. The van der Waals surface area contributed by atoms with E-state index in [1.807, 2.05) is 25.2 Å². The van der Waals surface area contributed by atoms with Crippen molar-refractivity contribution >= 4 is 12.7 Å². The molecular weight excluding hydrogens is 216 g/mol. The zero-order chi connectivity index (χ0) is 13.7. The molecule has 0 saturated heterocycles. The summed E-state index contributed by atoms with van der Waals surface area (Å²) in [5.74, 6) is 0. The van der Waals surface area contributed by atoms with Crippen molar-refractivity contribution in [3.8, 4) is 0 Å². The van der Waals surface area contributed by atoms with Crippen LogP contribution in [0, 0.1) is 6.92 Å². The number of hydrogen-bond donors (Lipinski definition) is 0. The second kappa shape index (κ2) is 6.02. The van der Waals surface area contributed by atoms with E-state index in [0.717, 1.165) is 27.2 Å². The first-order valence-corrected chi connectivity index (χ1v) is 5.89. The SMILES string of the molecule is C=C(C)/C=C\C(=C)C(=C)/C=c1/ccc(C)cc1=C. The van der Waals surface area contributed by atoms with Gasteiger partial charge in [0, 0.05) is 0 Å². The maximum atomic E-state index is 4.03. The minimum atomic E-state index is 0.887. The molecule has 0 radical (unpaired) electrons. The Balaban J connectivity index is 3.03. The molecule has 0 aliphatic rings. The molecule has 0 aliphatic heterocycles. The van der Waals surface area contributed by atoms with Crippen LogP contribution in [-0.2, 0) is 0 Å². The summed E-state index contributed by atoms with van der Waals surface area (Å²) in [6.45, 7) is 19.9. The molecule has 1 rings (SSSR count). The van der Waals surface area contributed by atoms with Crippen LogP contribution in [-0.4, -0.2) is 0 Å². The third-order valence-corrected chi connectivity index (χ3v) is 2.61. The monoisotopic (exact) mass is 236 g/mol. The van der Waals surface area contributed by atoms with Crippen LogP contribution < -0.4 is 10.4 Å². The predicted octanol–water partition coefficient (Wildman–Crippen LogP) is 3.43. The summed E-state index contributed by atoms with van der Waals surface area (Å²) in [5, 5.41) is 2.09. The summed E-state index contributed by atoms with van der Waals surface area (Å²) in [6.07, 6.45) is 5.87. The Bertz CT molecular complexity index is 624. The van der Waals surface area contributed by atoms with Gasteiger partial charge >= 0.3 is 0 Å². The molecule has 1 aromatic rings. The molecule has 0 atom stereocenters. The lowest BCUT2D eigenvalue weighted by molar-refractivity contribution is 1.40.